The summed E-state index contributed by atoms with van der Waals surface area (Å²) in [5.41, 5.74) is 13.7. The van der Waals surface area contributed by atoms with Gasteiger partial charge in [-0.25, -0.2) is 0 Å². The van der Waals surface area contributed by atoms with Crippen molar-refractivity contribution in [2.45, 2.75) is 25.0 Å². The van der Waals surface area contributed by atoms with E-state index in [1.807, 2.05) is 37.3 Å². The summed E-state index contributed by atoms with van der Waals surface area (Å²) in [7, 11) is 1.65. The van der Waals surface area contributed by atoms with Crippen LogP contribution in [0.15, 0.2) is 39.8 Å². The van der Waals surface area contributed by atoms with Gasteiger partial charge in [0.2, 0.25) is 0 Å². The van der Waals surface area contributed by atoms with Crippen LogP contribution in [0.4, 0.5) is 0 Å². The van der Waals surface area contributed by atoms with Crippen molar-refractivity contribution in [2.24, 2.45) is 16.5 Å². The lowest BCUT2D eigenvalue weighted by atomic mass is 9.86. The van der Waals surface area contributed by atoms with Gasteiger partial charge in [0.05, 0.1) is 12.6 Å². The molecule has 102 valence electrons. The first-order chi connectivity index (χ1) is 8.94. The van der Waals surface area contributed by atoms with Crippen LogP contribution in [0.3, 0.4) is 0 Å². The van der Waals surface area contributed by atoms with E-state index in [2.05, 4.69) is 20.9 Å². The first-order valence-electron chi connectivity index (χ1n) is 6.05. The number of allylic oxidation sites excluding steroid dienone is 1. The maximum absolute atomic E-state index is 6.38. The third-order valence-corrected chi connectivity index (χ3v) is 3.76. The molecule has 4 N–H and O–H groups in total. The number of dihydropyridines is 1. The summed E-state index contributed by atoms with van der Waals surface area (Å²) < 4.78 is 6.35. The van der Waals surface area contributed by atoms with Crippen molar-refractivity contribution in [1.82, 2.24) is 0 Å². The Bertz CT molecular complexity index is 541. The van der Waals surface area contributed by atoms with Crippen LogP contribution < -0.4 is 16.2 Å². The van der Waals surface area contributed by atoms with Crippen LogP contribution in [0, 0.1) is 0 Å². The van der Waals surface area contributed by atoms with Crippen molar-refractivity contribution in [3.63, 3.8) is 0 Å². The Morgan fingerprint density at radius 3 is 2.84 bits per heavy atom. The van der Waals surface area contributed by atoms with Gasteiger partial charge in [-0.2, -0.15) is 0 Å². The molecular formula is C14H18BrN3O. The number of nitrogens with zero attached hydrogens (tertiary/aromatic N) is 1. The van der Waals surface area contributed by atoms with E-state index in [1.54, 1.807) is 7.11 Å². The number of benzene rings is 1. The van der Waals surface area contributed by atoms with E-state index in [0.717, 1.165) is 21.5 Å². The molecule has 0 fully saturated rings. The molecule has 1 aromatic rings. The van der Waals surface area contributed by atoms with Gasteiger partial charge in [-0.15, -0.1) is 0 Å². The minimum atomic E-state index is -0.687. The number of methoxy groups -OCH3 is 1. The highest BCUT2D eigenvalue weighted by atomic mass is 79.9. The predicted octanol–water partition coefficient (Wildman–Crippen LogP) is 2.01. The highest BCUT2D eigenvalue weighted by Gasteiger charge is 2.33. The zero-order valence-electron chi connectivity index (χ0n) is 11.1. The quantitative estimate of drug-likeness (QED) is 0.893. The molecule has 5 heteroatoms. The third kappa shape index (κ3) is 3.05. The first-order valence-corrected chi connectivity index (χ1v) is 6.84. The predicted molar refractivity (Wildman–Crippen MR) is 81.5 cm³/mol. The maximum Gasteiger partial charge on any atom is 0.122 e. The molecule has 1 aliphatic rings. The van der Waals surface area contributed by atoms with E-state index in [-0.39, 0.29) is 0 Å². The van der Waals surface area contributed by atoms with Crippen LogP contribution in [0.5, 0.6) is 5.75 Å². The second-order valence-corrected chi connectivity index (χ2v) is 5.71. The summed E-state index contributed by atoms with van der Waals surface area (Å²) in [5.74, 6) is 0.805. The zero-order chi connectivity index (χ0) is 14.0. The monoisotopic (exact) mass is 323 g/mol. The Labute approximate surface area is 121 Å². The van der Waals surface area contributed by atoms with Crippen molar-refractivity contribution in [1.29, 1.82) is 0 Å². The fourth-order valence-electron chi connectivity index (χ4n) is 2.14. The normalized spacial score (nSPS) is 26.2. The van der Waals surface area contributed by atoms with Crippen LogP contribution in [0.25, 0.3) is 0 Å². The van der Waals surface area contributed by atoms with E-state index in [9.17, 15) is 0 Å². The van der Waals surface area contributed by atoms with Gasteiger partial charge < -0.3 is 16.2 Å². The van der Waals surface area contributed by atoms with Crippen molar-refractivity contribution >= 4 is 21.6 Å². The number of hydrogen-bond donors (Lipinski definition) is 2. The molecule has 0 bridgehead atoms. The molecule has 19 heavy (non-hydrogen) atoms. The lowest BCUT2D eigenvalue weighted by Gasteiger charge is -2.33. The molecule has 1 heterocycles. The largest absolute Gasteiger partial charge is 0.496 e. The number of nitrogens with two attached hydrogens (primary N) is 2. The van der Waals surface area contributed by atoms with Gasteiger partial charge in [-0.05, 0) is 36.8 Å². The van der Waals surface area contributed by atoms with E-state index >= 15 is 0 Å². The number of halogens is 1. The number of ether oxygens (including phenoxy) is 1. The van der Waals surface area contributed by atoms with Crippen molar-refractivity contribution in [3.05, 3.63) is 40.4 Å². The summed E-state index contributed by atoms with van der Waals surface area (Å²) in [4.78, 5) is 4.34. The standard InChI is InChI=1S/C14H18BrN3O/c1-9-5-6-14(17,13(16)18-9)8-10-7-11(15)3-4-12(10)19-2/h3-7,13H,8,16-17H2,1-2H3. The summed E-state index contributed by atoms with van der Waals surface area (Å²) >= 11 is 3.46. The van der Waals surface area contributed by atoms with Gasteiger partial charge >= 0.3 is 0 Å². The summed E-state index contributed by atoms with van der Waals surface area (Å²) in [6.45, 7) is 1.91. The van der Waals surface area contributed by atoms with E-state index in [0.29, 0.717) is 6.42 Å². The van der Waals surface area contributed by atoms with Crippen LogP contribution >= 0.6 is 15.9 Å². The molecule has 0 spiro atoms. The van der Waals surface area contributed by atoms with Gasteiger partial charge in [0.15, 0.2) is 0 Å². The van der Waals surface area contributed by atoms with Gasteiger partial charge in [0.25, 0.3) is 0 Å². The molecule has 0 aliphatic carbocycles. The molecule has 0 amide bonds. The minimum Gasteiger partial charge on any atom is -0.496 e. The van der Waals surface area contributed by atoms with Gasteiger partial charge in [-0.3, -0.25) is 4.99 Å². The van der Waals surface area contributed by atoms with Crippen molar-refractivity contribution < 1.29 is 4.74 Å². The molecule has 2 rings (SSSR count). The second-order valence-electron chi connectivity index (χ2n) is 4.79. The lowest BCUT2D eigenvalue weighted by Crippen LogP contribution is -2.56. The van der Waals surface area contributed by atoms with Crippen LogP contribution in [0.2, 0.25) is 0 Å². The number of hydrogen-bond acceptors (Lipinski definition) is 4. The van der Waals surface area contributed by atoms with Gasteiger partial charge in [0, 0.05) is 16.6 Å². The molecule has 4 nitrogen and oxygen atoms in total. The average Bonchev–Trinajstić information content (AvgIpc) is 2.35. The van der Waals surface area contributed by atoms with E-state index in [4.69, 9.17) is 16.2 Å². The Morgan fingerprint density at radius 2 is 2.21 bits per heavy atom. The zero-order valence-corrected chi connectivity index (χ0v) is 12.6. The molecule has 1 aromatic carbocycles. The van der Waals surface area contributed by atoms with Crippen molar-refractivity contribution in [2.75, 3.05) is 7.11 Å². The van der Waals surface area contributed by atoms with Crippen molar-refractivity contribution in [3.8, 4) is 5.75 Å². The molecule has 0 saturated carbocycles. The Balaban J connectivity index is 2.31. The summed E-state index contributed by atoms with van der Waals surface area (Å²) in [6, 6.07) is 5.85. The van der Waals surface area contributed by atoms with E-state index < -0.39 is 11.7 Å². The Morgan fingerprint density at radius 1 is 1.47 bits per heavy atom. The van der Waals surface area contributed by atoms with Gasteiger partial charge in [0.1, 0.15) is 11.9 Å². The molecule has 0 saturated heterocycles. The Hall–Kier alpha value is -1.17. The highest BCUT2D eigenvalue weighted by molar-refractivity contribution is 9.10. The third-order valence-electron chi connectivity index (χ3n) is 3.27. The molecule has 2 atom stereocenters. The van der Waals surface area contributed by atoms with Crippen LogP contribution in [-0.2, 0) is 6.42 Å². The molecular weight excluding hydrogens is 306 g/mol. The second kappa shape index (κ2) is 5.45. The average molecular weight is 324 g/mol. The SMILES string of the molecule is COc1ccc(Br)cc1CC1(N)C=CC(C)=NC1N. The Kier molecular flexibility index (Phi) is 4.08. The number of aliphatic imine (C=N–C) groups is 1. The van der Waals surface area contributed by atoms with Gasteiger partial charge in [-0.1, -0.05) is 22.0 Å². The molecule has 0 radical (unpaired) electrons. The minimum absolute atomic E-state index is 0.443. The topological polar surface area (TPSA) is 73.6 Å². The van der Waals surface area contributed by atoms with Crippen LogP contribution in [-0.4, -0.2) is 24.5 Å². The molecule has 2 unspecified atom stereocenters. The van der Waals surface area contributed by atoms with Crippen LogP contribution in [0.1, 0.15) is 12.5 Å². The summed E-state index contributed by atoms with van der Waals surface area (Å²) in [6.07, 6.45) is 3.97. The molecule has 0 aromatic heterocycles. The fraction of sp³-hybridized carbons (Fsp3) is 0.357. The lowest BCUT2D eigenvalue weighted by molar-refractivity contribution is 0.389. The first kappa shape index (κ1) is 14.2. The van der Waals surface area contributed by atoms with E-state index in [1.165, 1.54) is 0 Å². The smallest absolute Gasteiger partial charge is 0.122 e. The number of rotatable bonds is 3. The maximum atomic E-state index is 6.38. The highest BCUT2D eigenvalue weighted by Crippen LogP contribution is 2.28. The summed E-state index contributed by atoms with van der Waals surface area (Å²) in [5, 5.41) is 0. The fourth-order valence-corrected chi connectivity index (χ4v) is 2.54. The molecule has 1 aliphatic heterocycles.